The number of carbonyl (C=O) groups excluding carboxylic acids is 1. The maximum absolute atomic E-state index is 14.9. The lowest BCUT2D eigenvalue weighted by atomic mass is 10.2. The van der Waals surface area contributed by atoms with Gasteiger partial charge in [-0.1, -0.05) is 13.3 Å². The Bertz CT molecular complexity index is 1380. The summed E-state index contributed by atoms with van der Waals surface area (Å²) < 4.78 is 27.0. The molecule has 0 atom stereocenters. The number of fused-ring (bicyclic) bond motifs is 3. The van der Waals surface area contributed by atoms with Crippen molar-refractivity contribution in [3.05, 3.63) is 57.9 Å². The number of H-pyrrole nitrogens is 1. The van der Waals surface area contributed by atoms with Gasteiger partial charge in [-0.05, 0) is 44.5 Å². The number of pyridine rings is 2. The summed E-state index contributed by atoms with van der Waals surface area (Å²) >= 11 is 0. The first kappa shape index (κ1) is 21.5. The van der Waals surface area contributed by atoms with Crippen molar-refractivity contribution in [1.82, 2.24) is 19.7 Å². The fraction of sp³-hybridized carbons (Fsp3) is 0.304. The zero-order valence-corrected chi connectivity index (χ0v) is 18.1. The molecule has 8 nitrogen and oxygen atoms in total. The number of halogens is 1. The zero-order chi connectivity index (χ0) is 22.8. The Labute approximate surface area is 183 Å². The van der Waals surface area contributed by atoms with Crippen molar-refractivity contribution in [3.63, 3.8) is 0 Å². The third kappa shape index (κ3) is 3.81. The predicted octanol–water partition coefficient (Wildman–Crippen LogP) is 4.07. The molecule has 0 aliphatic carbocycles. The van der Waals surface area contributed by atoms with E-state index in [1.54, 1.807) is 32.0 Å². The highest BCUT2D eigenvalue weighted by Gasteiger charge is 2.21. The van der Waals surface area contributed by atoms with Gasteiger partial charge < -0.3 is 14.5 Å². The van der Waals surface area contributed by atoms with Gasteiger partial charge in [-0.2, -0.15) is 5.10 Å². The lowest BCUT2D eigenvalue weighted by molar-refractivity contribution is 0.0520. The number of nitrogens with one attached hydrogen (secondary N) is 1. The highest BCUT2D eigenvalue weighted by atomic mass is 19.1. The van der Waals surface area contributed by atoms with Gasteiger partial charge in [0.1, 0.15) is 34.0 Å². The van der Waals surface area contributed by atoms with Gasteiger partial charge in [0, 0.05) is 6.07 Å². The van der Waals surface area contributed by atoms with Crippen molar-refractivity contribution in [2.45, 2.75) is 33.6 Å². The normalized spacial score (nSPS) is 11.2. The molecule has 0 fully saturated rings. The number of benzene rings is 1. The van der Waals surface area contributed by atoms with Crippen LogP contribution in [0.15, 0.2) is 35.1 Å². The summed E-state index contributed by atoms with van der Waals surface area (Å²) in [7, 11) is 0. The van der Waals surface area contributed by atoms with Crippen LogP contribution >= 0.6 is 0 Å². The van der Waals surface area contributed by atoms with Gasteiger partial charge in [0.05, 0.1) is 29.8 Å². The molecule has 0 saturated heterocycles. The molecule has 32 heavy (non-hydrogen) atoms. The van der Waals surface area contributed by atoms with Crippen LogP contribution in [-0.2, 0) is 4.74 Å². The molecule has 0 bridgehead atoms. The van der Waals surface area contributed by atoms with Crippen LogP contribution in [0.1, 0.15) is 42.9 Å². The lowest BCUT2D eigenvalue weighted by Gasteiger charge is -2.11. The minimum Gasteiger partial charge on any atom is -0.494 e. The van der Waals surface area contributed by atoms with Crippen LogP contribution in [0.5, 0.6) is 5.75 Å². The van der Waals surface area contributed by atoms with E-state index in [2.05, 4.69) is 22.0 Å². The molecule has 0 unspecified atom stereocenters. The second-order valence-corrected chi connectivity index (χ2v) is 7.30. The number of aromatic amines is 1. The van der Waals surface area contributed by atoms with E-state index in [-0.39, 0.29) is 28.9 Å². The first-order valence-electron chi connectivity index (χ1n) is 10.5. The van der Waals surface area contributed by atoms with Gasteiger partial charge >= 0.3 is 5.97 Å². The summed E-state index contributed by atoms with van der Waals surface area (Å²) in [6.07, 6.45) is 1.84. The second kappa shape index (κ2) is 8.78. The van der Waals surface area contributed by atoms with E-state index in [4.69, 9.17) is 9.47 Å². The zero-order valence-electron chi connectivity index (χ0n) is 18.1. The molecule has 3 heterocycles. The van der Waals surface area contributed by atoms with E-state index in [1.165, 1.54) is 16.8 Å². The van der Waals surface area contributed by atoms with Gasteiger partial charge in [0.2, 0.25) is 0 Å². The summed E-state index contributed by atoms with van der Waals surface area (Å²) in [6.45, 7) is 6.12. The number of carbonyl (C=O) groups is 1. The Balaban J connectivity index is 1.97. The molecule has 0 spiro atoms. The minimum atomic E-state index is -0.589. The van der Waals surface area contributed by atoms with Gasteiger partial charge in [-0.3, -0.25) is 4.79 Å². The van der Waals surface area contributed by atoms with E-state index < -0.39 is 11.8 Å². The third-order valence-corrected chi connectivity index (χ3v) is 5.05. The van der Waals surface area contributed by atoms with Crippen molar-refractivity contribution in [2.75, 3.05) is 13.2 Å². The van der Waals surface area contributed by atoms with E-state index in [1.807, 2.05) is 0 Å². The molecular formula is C23H23FN4O4. The maximum atomic E-state index is 14.9. The number of hydrogen-bond donors (Lipinski definition) is 1. The first-order valence-corrected chi connectivity index (χ1v) is 10.5. The SMILES string of the molecule is CCCCOc1ccc(F)c(-n2nc(C)c3c(=O)[nH]c4ccc(C(=O)OCC)nc4c32)c1. The standard InChI is InChI=1S/C23H23FN4O4/c1-4-6-11-32-14-7-8-15(24)18(12-14)28-21-19(13(3)27-28)22(29)26-16-9-10-17(25-20(16)21)23(30)31-5-2/h7-10,12H,4-6,11H2,1-3H3,(H,26,29). The number of ether oxygens (including phenoxy) is 2. The highest BCUT2D eigenvalue weighted by molar-refractivity contribution is 6.04. The van der Waals surface area contributed by atoms with Crippen LogP contribution < -0.4 is 10.3 Å². The van der Waals surface area contributed by atoms with E-state index in [0.717, 1.165) is 12.8 Å². The van der Waals surface area contributed by atoms with Gasteiger partial charge in [0.25, 0.3) is 5.56 Å². The van der Waals surface area contributed by atoms with Gasteiger partial charge in [-0.25, -0.2) is 18.9 Å². The molecule has 0 aliphatic heterocycles. The highest BCUT2D eigenvalue weighted by Crippen LogP contribution is 2.28. The number of esters is 1. The fourth-order valence-corrected chi connectivity index (χ4v) is 3.52. The van der Waals surface area contributed by atoms with E-state index in [9.17, 15) is 14.0 Å². The smallest absolute Gasteiger partial charge is 0.356 e. The first-order chi connectivity index (χ1) is 15.4. The quantitative estimate of drug-likeness (QED) is 0.345. The Morgan fingerprint density at radius 3 is 2.78 bits per heavy atom. The summed E-state index contributed by atoms with van der Waals surface area (Å²) in [5, 5.41) is 4.69. The molecule has 3 aromatic heterocycles. The average molecular weight is 438 g/mol. The molecule has 4 rings (SSSR count). The number of rotatable bonds is 7. The summed E-state index contributed by atoms with van der Waals surface area (Å²) in [5.41, 5.74) is 1.23. The number of nitrogens with zero attached hydrogens (tertiary/aromatic N) is 3. The van der Waals surface area contributed by atoms with E-state index >= 15 is 0 Å². The second-order valence-electron chi connectivity index (χ2n) is 7.30. The van der Waals surface area contributed by atoms with Gasteiger partial charge in [-0.15, -0.1) is 0 Å². The molecule has 1 N–H and O–H groups in total. The average Bonchev–Trinajstić information content (AvgIpc) is 3.13. The lowest BCUT2D eigenvalue weighted by Crippen LogP contribution is -2.11. The molecule has 0 radical (unpaired) electrons. The molecule has 9 heteroatoms. The molecule has 1 aromatic carbocycles. The Morgan fingerprint density at radius 2 is 2.03 bits per heavy atom. The van der Waals surface area contributed by atoms with Crippen LogP contribution in [0.25, 0.3) is 27.6 Å². The molecule has 166 valence electrons. The topological polar surface area (TPSA) is 99.1 Å². The van der Waals surface area contributed by atoms with Crippen molar-refractivity contribution >= 4 is 27.9 Å². The summed E-state index contributed by atoms with van der Waals surface area (Å²) in [4.78, 5) is 32.1. The van der Waals surface area contributed by atoms with Crippen LogP contribution in [0.2, 0.25) is 0 Å². The van der Waals surface area contributed by atoms with Crippen LogP contribution in [-0.4, -0.2) is 38.9 Å². The van der Waals surface area contributed by atoms with Crippen LogP contribution in [0.3, 0.4) is 0 Å². The van der Waals surface area contributed by atoms with Gasteiger partial charge in [0.15, 0.2) is 0 Å². The van der Waals surface area contributed by atoms with Crippen molar-refractivity contribution in [2.24, 2.45) is 0 Å². The predicted molar refractivity (Wildman–Crippen MR) is 118 cm³/mol. The third-order valence-electron chi connectivity index (χ3n) is 5.05. The molecule has 0 saturated carbocycles. The van der Waals surface area contributed by atoms with Crippen molar-refractivity contribution in [1.29, 1.82) is 0 Å². The number of aromatic nitrogens is 4. The number of aryl methyl sites for hydroxylation is 1. The maximum Gasteiger partial charge on any atom is 0.356 e. The molecule has 0 aliphatic rings. The molecule has 4 aromatic rings. The Hall–Kier alpha value is -3.75. The minimum absolute atomic E-state index is 0.0789. The van der Waals surface area contributed by atoms with E-state index in [0.29, 0.717) is 34.6 Å². The summed E-state index contributed by atoms with van der Waals surface area (Å²) in [5.74, 6) is -0.633. The largest absolute Gasteiger partial charge is 0.494 e. The van der Waals surface area contributed by atoms with Crippen LogP contribution in [0, 0.1) is 12.7 Å². The number of hydrogen-bond acceptors (Lipinski definition) is 6. The fourth-order valence-electron chi connectivity index (χ4n) is 3.52. The Morgan fingerprint density at radius 1 is 1.22 bits per heavy atom. The molecular weight excluding hydrogens is 415 g/mol. The Kier molecular flexibility index (Phi) is 5.89. The number of unbranched alkanes of at least 4 members (excludes halogenated alkanes) is 1. The molecule has 0 amide bonds. The van der Waals surface area contributed by atoms with Crippen molar-refractivity contribution in [3.8, 4) is 11.4 Å². The summed E-state index contributed by atoms with van der Waals surface area (Å²) in [6, 6.07) is 7.43. The monoisotopic (exact) mass is 438 g/mol. The van der Waals surface area contributed by atoms with Crippen molar-refractivity contribution < 1.29 is 18.7 Å². The van der Waals surface area contributed by atoms with Crippen LogP contribution in [0.4, 0.5) is 4.39 Å².